The molecule has 2 unspecified atom stereocenters. The number of rotatable bonds is 82. The highest BCUT2D eigenvalue weighted by Gasteiger charge is 2.18. The van der Waals surface area contributed by atoms with E-state index in [1.54, 1.807) is 6.08 Å². The average molecular weight is 1300 g/mol. The first-order chi connectivity index (χ1) is 45.5. The zero-order valence-corrected chi connectivity index (χ0v) is 63.1. The third-order valence-electron chi connectivity index (χ3n) is 20.6. The molecule has 0 saturated carbocycles. The van der Waals surface area contributed by atoms with E-state index < -0.39 is 12.1 Å². The molecular weight excluding hydrogens is 1130 g/mol. The van der Waals surface area contributed by atoms with Crippen LogP contribution in [0, 0.1) is 0 Å². The number of nitrogens with one attached hydrogen (secondary N) is 1. The van der Waals surface area contributed by atoms with Crippen LogP contribution in [0.25, 0.3) is 0 Å². The van der Waals surface area contributed by atoms with Crippen LogP contribution in [0.3, 0.4) is 0 Å². The number of allylic oxidation sites excluding steroid dienone is 1. The van der Waals surface area contributed by atoms with E-state index in [2.05, 4.69) is 19.2 Å². The summed E-state index contributed by atoms with van der Waals surface area (Å²) in [6.07, 6.45) is 105. The Balaban J connectivity index is 3.31. The second-order valence-corrected chi connectivity index (χ2v) is 29.9. The highest BCUT2D eigenvalue weighted by Crippen LogP contribution is 2.21. The lowest BCUT2D eigenvalue weighted by Gasteiger charge is -2.20. The fourth-order valence-corrected chi connectivity index (χ4v) is 14.1. The van der Waals surface area contributed by atoms with Gasteiger partial charge in [0.05, 0.1) is 25.4 Å². The van der Waals surface area contributed by atoms with Crippen LogP contribution in [-0.2, 0) is 14.3 Å². The van der Waals surface area contributed by atoms with Gasteiger partial charge < -0.3 is 20.3 Å². The average Bonchev–Trinajstić information content (AvgIpc) is 3.63. The Morgan fingerprint density at radius 2 is 0.500 bits per heavy atom. The molecule has 0 aliphatic rings. The highest BCUT2D eigenvalue weighted by molar-refractivity contribution is 5.76. The molecule has 0 aromatic heterocycles. The fraction of sp³-hybridized carbons (Fsp3) is 0.953. The Hall–Kier alpha value is -1.40. The number of unbranched alkanes of at least 4 members (excludes halogenated alkanes) is 71. The third-order valence-corrected chi connectivity index (χ3v) is 20.6. The minimum atomic E-state index is -0.841. The summed E-state index contributed by atoms with van der Waals surface area (Å²) in [5, 5.41) is 23.3. The number of ether oxygens (including phenoxy) is 1. The molecule has 0 aliphatic heterocycles. The van der Waals surface area contributed by atoms with Crippen LogP contribution in [0.1, 0.15) is 502 Å². The molecule has 0 rings (SSSR count). The lowest BCUT2D eigenvalue weighted by Crippen LogP contribution is -2.45. The maximum absolute atomic E-state index is 12.6. The quantitative estimate of drug-likeness (QED) is 0.0320. The Kier molecular flexibility index (Phi) is 80.8. The number of esters is 1. The molecule has 2 atom stereocenters. The second kappa shape index (κ2) is 82.0. The molecular formula is C86H169NO5. The summed E-state index contributed by atoms with van der Waals surface area (Å²) in [5.41, 5.74) is 0. The molecule has 1 amide bonds. The number of carbonyl (C=O) groups excluding carboxylic acids is 2. The number of hydrogen-bond donors (Lipinski definition) is 3. The normalized spacial score (nSPS) is 12.4. The van der Waals surface area contributed by atoms with E-state index in [9.17, 15) is 19.8 Å². The molecule has 6 nitrogen and oxygen atoms in total. The van der Waals surface area contributed by atoms with E-state index >= 15 is 0 Å². The second-order valence-electron chi connectivity index (χ2n) is 29.9. The van der Waals surface area contributed by atoms with Crippen molar-refractivity contribution in [2.75, 3.05) is 13.2 Å². The zero-order chi connectivity index (χ0) is 66.3. The molecule has 548 valence electrons. The Bertz CT molecular complexity index is 1400. The summed E-state index contributed by atoms with van der Waals surface area (Å²) in [4.78, 5) is 24.7. The first-order valence-corrected chi connectivity index (χ1v) is 43.0. The molecule has 92 heavy (non-hydrogen) atoms. The third kappa shape index (κ3) is 77.6. The van der Waals surface area contributed by atoms with E-state index in [-0.39, 0.29) is 18.5 Å². The van der Waals surface area contributed by atoms with E-state index in [0.717, 1.165) is 38.5 Å². The zero-order valence-electron chi connectivity index (χ0n) is 63.1. The van der Waals surface area contributed by atoms with Crippen molar-refractivity contribution < 1.29 is 24.5 Å². The number of amides is 1. The van der Waals surface area contributed by atoms with Gasteiger partial charge in [0.2, 0.25) is 5.91 Å². The van der Waals surface area contributed by atoms with Crippen molar-refractivity contribution in [3.63, 3.8) is 0 Å². The number of aliphatic hydroxyl groups is 2. The number of aliphatic hydroxyl groups excluding tert-OH is 2. The molecule has 6 heteroatoms. The molecule has 3 N–H and O–H groups in total. The van der Waals surface area contributed by atoms with Gasteiger partial charge in [-0.05, 0) is 32.1 Å². The first-order valence-electron chi connectivity index (χ1n) is 43.0. The molecule has 0 aromatic carbocycles. The molecule has 0 radical (unpaired) electrons. The number of hydrogen-bond acceptors (Lipinski definition) is 5. The van der Waals surface area contributed by atoms with Gasteiger partial charge >= 0.3 is 5.97 Å². The van der Waals surface area contributed by atoms with Gasteiger partial charge in [0.15, 0.2) is 0 Å². The summed E-state index contributed by atoms with van der Waals surface area (Å²) in [6, 6.07) is -0.624. The minimum absolute atomic E-state index is 0.0287. The van der Waals surface area contributed by atoms with Gasteiger partial charge in [-0.25, -0.2) is 0 Å². The van der Waals surface area contributed by atoms with Crippen molar-refractivity contribution in [3.05, 3.63) is 12.2 Å². The largest absolute Gasteiger partial charge is 0.466 e. The predicted octanol–water partition coefficient (Wildman–Crippen LogP) is 28.6. The van der Waals surface area contributed by atoms with Crippen LogP contribution in [0.5, 0.6) is 0 Å². The number of carbonyl (C=O) groups is 2. The van der Waals surface area contributed by atoms with Gasteiger partial charge in [-0.3, -0.25) is 9.59 Å². The van der Waals surface area contributed by atoms with Gasteiger partial charge in [-0.15, -0.1) is 0 Å². The van der Waals surface area contributed by atoms with Crippen molar-refractivity contribution >= 4 is 11.9 Å². The first kappa shape index (κ1) is 90.6. The van der Waals surface area contributed by atoms with Crippen molar-refractivity contribution in [2.45, 2.75) is 514 Å². The van der Waals surface area contributed by atoms with E-state index in [4.69, 9.17) is 4.74 Å². The molecule has 0 spiro atoms. The smallest absolute Gasteiger partial charge is 0.305 e. The van der Waals surface area contributed by atoms with Crippen LogP contribution < -0.4 is 5.32 Å². The van der Waals surface area contributed by atoms with E-state index in [1.807, 2.05) is 6.08 Å². The topological polar surface area (TPSA) is 95.9 Å². The summed E-state index contributed by atoms with van der Waals surface area (Å²) in [5.74, 6) is -0.0284. The van der Waals surface area contributed by atoms with Gasteiger partial charge in [0, 0.05) is 12.8 Å². The molecule has 0 fully saturated rings. The summed E-state index contributed by atoms with van der Waals surface area (Å²) < 4.78 is 5.53. The van der Waals surface area contributed by atoms with Crippen LogP contribution >= 0.6 is 0 Å². The maximum atomic E-state index is 12.6. The van der Waals surface area contributed by atoms with Crippen LogP contribution in [-0.4, -0.2) is 47.4 Å². The summed E-state index contributed by atoms with van der Waals surface area (Å²) >= 11 is 0. The van der Waals surface area contributed by atoms with Gasteiger partial charge in [-0.1, -0.05) is 469 Å². The van der Waals surface area contributed by atoms with Crippen LogP contribution in [0.4, 0.5) is 0 Å². The van der Waals surface area contributed by atoms with Crippen LogP contribution in [0.15, 0.2) is 12.2 Å². The highest BCUT2D eigenvalue weighted by atomic mass is 16.5. The lowest BCUT2D eigenvalue weighted by molar-refractivity contribution is -0.143. The fourth-order valence-electron chi connectivity index (χ4n) is 14.1. The summed E-state index contributed by atoms with van der Waals surface area (Å²) in [6.45, 7) is 4.98. The Morgan fingerprint density at radius 1 is 0.293 bits per heavy atom. The molecule has 0 saturated heterocycles. The van der Waals surface area contributed by atoms with Crippen molar-refractivity contribution in [3.8, 4) is 0 Å². The lowest BCUT2D eigenvalue weighted by atomic mass is 10.0. The van der Waals surface area contributed by atoms with Crippen molar-refractivity contribution in [1.29, 1.82) is 0 Å². The Morgan fingerprint density at radius 3 is 0.739 bits per heavy atom. The molecule has 0 heterocycles. The van der Waals surface area contributed by atoms with Crippen molar-refractivity contribution in [1.82, 2.24) is 5.32 Å². The molecule has 0 aliphatic carbocycles. The van der Waals surface area contributed by atoms with E-state index in [1.165, 1.54) is 437 Å². The summed E-state index contributed by atoms with van der Waals surface area (Å²) in [7, 11) is 0. The minimum Gasteiger partial charge on any atom is -0.466 e. The van der Waals surface area contributed by atoms with Crippen LogP contribution in [0.2, 0.25) is 0 Å². The molecule has 0 aromatic rings. The predicted molar refractivity (Wildman–Crippen MR) is 407 cm³/mol. The SMILES string of the molecule is CCCCCCCCCCCCCCCCCCCCC/C=C/C(O)C(CO)NC(=O)CCCCCCCCCCCCCCCCCCCCCCCCCCCCCCCCCCCCCOC(=O)CCCCCCCCCCCCCCCCCCCCC. The molecule has 0 bridgehead atoms. The Labute approximate surface area is 578 Å². The van der Waals surface area contributed by atoms with Gasteiger partial charge in [-0.2, -0.15) is 0 Å². The van der Waals surface area contributed by atoms with Gasteiger partial charge in [0.1, 0.15) is 0 Å². The van der Waals surface area contributed by atoms with E-state index in [0.29, 0.717) is 19.4 Å². The van der Waals surface area contributed by atoms with Gasteiger partial charge in [0.25, 0.3) is 0 Å². The van der Waals surface area contributed by atoms with Crippen molar-refractivity contribution in [2.24, 2.45) is 0 Å². The monoisotopic (exact) mass is 1300 g/mol. The standard InChI is InChI=1S/C86H169NO5/c1-3-5-7-9-11-13-15-17-19-21-23-39-43-46-50-54-58-62-66-70-74-78-84(89)83(82-88)87-85(90)79-75-71-67-63-59-55-51-47-44-40-37-35-33-31-29-27-25-24-26-28-30-32-34-36-38-41-45-49-53-57-61-65-69-73-77-81-92-86(91)80-76-72-68-64-60-56-52-48-42-22-20-18-16-14-12-10-8-6-4-2/h74,78,83-84,88-89H,3-73,75-77,79-82H2,1-2H3,(H,87,90)/b78-74+. The maximum Gasteiger partial charge on any atom is 0.305 e.